The third kappa shape index (κ3) is 3.57. The van der Waals surface area contributed by atoms with Gasteiger partial charge in [-0.05, 0) is 81.5 Å². The Morgan fingerprint density at radius 1 is 1.07 bits per heavy atom. The van der Waals surface area contributed by atoms with Gasteiger partial charge in [-0.2, -0.15) is 0 Å². The molecule has 6 nitrogen and oxygen atoms in total. The first-order valence-electron chi connectivity index (χ1n) is 11.7. The number of carbonyl (C=O) groups is 3. The molecule has 0 unspecified atom stereocenters. The first-order chi connectivity index (χ1) is 13.8. The zero-order valence-corrected chi connectivity index (χ0v) is 18.3. The Morgan fingerprint density at radius 3 is 2.07 bits per heavy atom. The van der Waals surface area contributed by atoms with Crippen molar-refractivity contribution in [3.8, 4) is 0 Å². The van der Waals surface area contributed by atoms with E-state index in [0.29, 0.717) is 12.8 Å². The van der Waals surface area contributed by atoms with E-state index in [0.717, 1.165) is 35.5 Å². The van der Waals surface area contributed by atoms with Crippen molar-refractivity contribution in [2.45, 2.75) is 96.6 Å². The minimum Gasteiger partial charge on any atom is -0.352 e. The molecule has 4 saturated carbocycles. The van der Waals surface area contributed by atoms with Gasteiger partial charge in [0.05, 0.1) is 0 Å². The summed E-state index contributed by atoms with van der Waals surface area (Å²) in [5.74, 6) is 2.05. The summed E-state index contributed by atoms with van der Waals surface area (Å²) in [6, 6.07) is -0.324. The Morgan fingerprint density at radius 2 is 1.59 bits per heavy atom. The van der Waals surface area contributed by atoms with Gasteiger partial charge in [-0.1, -0.05) is 26.7 Å². The largest absolute Gasteiger partial charge is 0.352 e. The maximum absolute atomic E-state index is 13.0. The molecule has 0 aromatic heterocycles. The number of amides is 4. The zero-order valence-electron chi connectivity index (χ0n) is 18.3. The smallest absolute Gasteiger partial charge is 0.325 e. The van der Waals surface area contributed by atoms with Crippen molar-refractivity contribution >= 4 is 17.8 Å². The number of carbonyl (C=O) groups excluding carboxylic acids is 3. The van der Waals surface area contributed by atoms with Crippen LogP contribution < -0.4 is 10.6 Å². The molecule has 29 heavy (non-hydrogen) atoms. The molecule has 162 valence electrons. The molecule has 5 aliphatic rings. The lowest BCUT2D eigenvalue weighted by atomic mass is 9.48. The average molecular weight is 404 g/mol. The van der Waals surface area contributed by atoms with Gasteiger partial charge >= 0.3 is 6.03 Å². The second kappa shape index (κ2) is 7.59. The highest BCUT2D eigenvalue weighted by Gasteiger charge is 2.54. The van der Waals surface area contributed by atoms with E-state index in [9.17, 15) is 14.4 Å². The number of imide groups is 1. The second-order valence-electron chi connectivity index (χ2n) is 10.5. The predicted molar refractivity (Wildman–Crippen MR) is 111 cm³/mol. The Hall–Kier alpha value is -1.59. The predicted octanol–water partition coefficient (Wildman–Crippen LogP) is 3.60. The Kier molecular flexibility index (Phi) is 5.41. The van der Waals surface area contributed by atoms with E-state index in [1.807, 2.05) is 13.8 Å². The molecule has 0 aromatic carbocycles. The van der Waals surface area contributed by atoms with Crippen molar-refractivity contribution in [3.05, 3.63) is 0 Å². The maximum atomic E-state index is 13.0. The number of rotatable bonds is 8. The summed E-state index contributed by atoms with van der Waals surface area (Å²) in [6.07, 6.45) is 10.7. The van der Waals surface area contributed by atoms with Crippen LogP contribution in [0.3, 0.4) is 0 Å². The molecule has 0 radical (unpaired) electrons. The number of nitrogens with zero attached hydrogens (tertiary/aromatic N) is 1. The molecule has 6 heteroatoms. The molecule has 5 rings (SSSR count). The molecule has 1 aliphatic heterocycles. The van der Waals surface area contributed by atoms with E-state index in [1.165, 1.54) is 38.5 Å². The highest BCUT2D eigenvalue weighted by atomic mass is 16.2. The summed E-state index contributed by atoms with van der Waals surface area (Å²) in [7, 11) is 0. The van der Waals surface area contributed by atoms with Crippen molar-refractivity contribution in [3.63, 3.8) is 0 Å². The van der Waals surface area contributed by atoms with Crippen LogP contribution in [-0.4, -0.2) is 40.9 Å². The molecule has 0 aromatic rings. The van der Waals surface area contributed by atoms with Crippen molar-refractivity contribution < 1.29 is 14.4 Å². The molecule has 0 spiro atoms. The first-order valence-corrected chi connectivity index (χ1v) is 11.7. The lowest BCUT2D eigenvalue weighted by Crippen LogP contribution is -2.57. The maximum Gasteiger partial charge on any atom is 0.325 e. The van der Waals surface area contributed by atoms with Crippen LogP contribution in [0.5, 0.6) is 0 Å². The van der Waals surface area contributed by atoms with Gasteiger partial charge in [-0.15, -0.1) is 0 Å². The molecule has 4 amide bonds. The van der Waals surface area contributed by atoms with Crippen molar-refractivity contribution in [1.82, 2.24) is 15.5 Å². The minimum absolute atomic E-state index is 0.0974. The van der Waals surface area contributed by atoms with Gasteiger partial charge in [-0.3, -0.25) is 14.5 Å². The van der Waals surface area contributed by atoms with Gasteiger partial charge in [-0.25, -0.2) is 4.79 Å². The fourth-order valence-corrected chi connectivity index (χ4v) is 7.43. The SMILES string of the molecule is CCCC1(CCC)NC(=O)N(CC(=O)N[C@H](C)C23CC4CC(CC(C4)C2)C3)C1=O. The summed E-state index contributed by atoms with van der Waals surface area (Å²) in [5.41, 5.74) is -0.609. The molecule has 5 fully saturated rings. The molecule has 1 heterocycles. The van der Waals surface area contributed by atoms with Crippen LogP contribution in [0.2, 0.25) is 0 Å². The van der Waals surface area contributed by atoms with Crippen LogP contribution in [0.1, 0.15) is 85.0 Å². The third-order valence-corrected chi connectivity index (χ3v) is 8.28. The lowest BCUT2D eigenvalue weighted by molar-refractivity contribution is -0.136. The molecule has 2 N–H and O–H groups in total. The third-order valence-electron chi connectivity index (χ3n) is 8.28. The van der Waals surface area contributed by atoms with Crippen molar-refractivity contribution in [2.75, 3.05) is 6.54 Å². The summed E-state index contributed by atoms with van der Waals surface area (Å²) in [4.78, 5) is 39.5. The van der Waals surface area contributed by atoms with Gasteiger partial charge in [0.15, 0.2) is 0 Å². The first kappa shape index (κ1) is 20.7. The Labute approximate surface area is 174 Å². The highest BCUT2D eigenvalue weighted by molar-refractivity contribution is 6.09. The summed E-state index contributed by atoms with van der Waals surface area (Å²) < 4.78 is 0. The summed E-state index contributed by atoms with van der Waals surface area (Å²) in [5, 5.41) is 6.08. The quantitative estimate of drug-likeness (QED) is 0.608. The van der Waals surface area contributed by atoms with Gasteiger partial charge in [0.1, 0.15) is 12.1 Å². The van der Waals surface area contributed by atoms with E-state index in [2.05, 4.69) is 17.6 Å². The van der Waals surface area contributed by atoms with E-state index < -0.39 is 11.6 Å². The normalized spacial score (nSPS) is 35.7. The van der Waals surface area contributed by atoms with E-state index in [4.69, 9.17) is 0 Å². The lowest BCUT2D eigenvalue weighted by Gasteiger charge is -2.59. The number of nitrogens with one attached hydrogen (secondary N) is 2. The van der Waals surface area contributed by atoms with E-state index in [-0.39, 0.29) is 29.8 Å². The van der Waals surface area contributed by atoms with Gasteiger partial charge in [0, 0.05) is 6.04 Å². The van der Waals surface area contributed by atoms with Crippen molar-refractivity contribution in [1.29, 1.82) is 0 Å². The van der Waals surface area contributed by atoms with Crippen LogP contribution in [0.25, 0.3) is 0 Å². The monoisotopic (exact) mass is 403 g/mol. The molecular formula is C23H37N3O3. The van der Waals surface area contributed by atoms with Crippen LogP contribution >= 0.6 is 0 Å². The molecule has 4 bridgehead atoms. The fraction of sp³-hybridized carbons (Fsp3) is 0.870. The topological polar surface area (TPSA) is 78.5 Å². The minimum atomic E-state index is -0.827. The van der Waals surface area contributed by atoms with Crippen LogP contribution in [-0.2, 0) is 9.59 Å². The van der Waals surface area contributed by atoms with Crippen LogP contribution in [0.15, 0.2) is 0 Å². The Bertz CT molecular complexity index is 648. The molecular weight excluding hydrogens is 366 g/mol. The highest BCUT2D eigenvalue weighted by Crippen LogP contribution is 2.61. The van der Waals surface area contributed by atoms with E-state index >= 15 is 0 Å². The summed E-state index contributed by atoms with van der Waals surface area (Å²) >= 11 is 0. The van der Waals surface area contributed by atoms with Gasteiger partial charge in [0.2, 0.25) is 5.91 Å². The van der Waals surface area contributed by atoms with Crippen molar-refractivity contribution in [2.24, 2.45) is 23.2 Å². The second-order valence-corrected chi connectivity index (χ2v) is 10.5. The van der Waals surface area contributed by atoms with E-state index in [1.54, 1.807) is 0 Å². The fourth-order valence-electron chi connectivity index (χ4n) is 7.43. The zero-order chi connectivity index (χ0) is 20.8. The van der Waals surface area contributed by atoms with Gasteiger partial charge in [0.25, 0.3) is 5.91 Å². The Balaban J connectivity index is 1.39. The van der Waals surface area contributed by atoms with Crippen LogP contribution in [0.4, 0.5) is 4.79 Å². The van der Waals surface area contributed by atoms with Gasteiger partial charge < -0.3 is 10.6 Å². The molecule has 4 aliphatic carbocycles. The number of hydrogen-bond donors (Lipinski definition) is 2. The number of hydrogen-bond acceptors (Lipinski definition) is 3. The van der Waals surface area contributed by atoms with Crippen LogP contribution in [0, 0.1) is 23.2 Å². The standard InChI is InChI=1S/C23H37N3O3/c1-4-6-23(7-5-2)20(28)26(21(29)25-23)14-19(27)24-15(3)22-11-16-8-17(12-22)10-18(9-16)13-22/h15-18H,4-14H2,1-3H3,(H,24,27)(H,25,29)/t15-,16?,17?,18?,22?/m1/s1. The average Bonchev–Trinajstić information content (AvgIpc) is 2.85. The summed E-state index contributed by atoms with van der Waals surface area (Å²) in [6.45, 7) is 5.99. The number of urea groups is 1. The molecule has 1 saturated heterocycles. The molecule has 1 atom stereocenters.